The summed E-state index contributed by atoms with van der Waals surface area (Å²) < 4.78 is 37.1. The van der Waals surface area contributed by atoms with E-state index < -0.39 is 16.1 Å². The maximum absolute atomic E-state index is 12.7. The molecule has 1 unspecified atom stereocenters. The third-order valence-corrected chi connectivity index (χ3v) is 5.81. The van der Waals surface area contributed by atoms with E-state index in [9.17, 15) is 13.2 Å². The third-order valence-electron chi connectivity index (χ3n) is 3.97. The van der Waals surface area contributed by atoms with Crippen molar-refractivity contribution in [3.63, 3.8) is 0 Å². The maximum Gasteiger partial charge on any atom is 0.277 e. The van der Waals surface area contributed by atoms with E-state index in [1.165, 1.54) is 12.1 Å². The average Bonchev–Trinajstić information content (AvgIpc) is 3.10. The molecule has 1 amide bonds. The summed E-state index contributed by atoms with van der Waals surface area (Å²) in [6.45, 7) is 5.62. The fraction of sp³-hybridized carbons (Fsp3) is 0.429. The van der Waals surface area contributed by atoms with Crippen LogP contribution in [-0.4, -0.2) is 42.9 Å². The molecule has 1 saturated heterocycles. The molecule has 1 N–H and O–H groups in total. The largest absolute Gasteiger partial charge is 0.440 e. The molecule has 2 aromatic rings. The van der Waals surface area contributed by atoms with Crippen molar-refractivity contribution in [2.24, 2.45) is 0 Å². The van der Waals surface area contributed by atoms with Crippen molar-refractivity contribution in [2.75, 3.05) is 13.1 Å². The fourth-order valence-corrected chi connectivity index (χ4v) is 3.94. The molecular formula is C14H17N3O5S. The Morgan fingerprint density at radius 1 is 1.35 bits per heavy atom. The van der Waals surface area contributed by atoms with Gasteiger partial charge < -0.3 is 14.3 Å². The Kier molecular flexibility index (Phi) is 3.77. The molecule has 23 heavy (non-hydrogen) atoms. The Balaban J connectivity index is 1.96. The molecule has 1 aliphatic heterocycles. The molecule has 1 fully saturated rings. The second kappa shape index (κ2) is 5.50. The van der Waals surface area contributed by atoms with Gasteiger partial charge in [-0.15, -0.1) is 0 Å². The summed E-state index contributed by atoms with van der Waals surface area (Å²) in [5.74, 6) is 0.359. The summed E-state index contributed by atoms with van der Waals surface area (Å²) >= 11 is 0. The van der Waals surface area contributed by atoms with Gasteiger partial charge in [0.15, 0.2) is 5.76 Å². The van der Waals surface area contributed by atoms with Gasteiger partial charge in [0, 0.05) is 18.7 Å². The van der Waals surface area contributed by atoms with Crippen molar-refractivity contribution in [3.05, 3.63) is 23.4 Å². The maximum atomic E-state index is 12.7. The summed E-state index contributed by atoms with van der Waals surface area (Å²) in [5, 5.41) is 6.24. The molecule has 2 aromatic heterocycles. The molecule has 0 spiro atoms. The molecule has 0 bridgehead atoms. The highest BCUT2D eigenvalue weighted by molar-refractivity contribution is 7.89. The predicted molar refractivity (Wildman–Crippen MR) is 80.0 cm³/mol. The minimum atomic E-state index is -3.89. The molecule has 124 valence electrons. The van der Waals surface area contributed by atoms with Crippen molar-refractivity contribution in [1.82, 2.24) is 14.8 Å². The second-order valence-corrected chi connectivity index (χ2v) is 7.25. The van der Waals surface area contributed by atoms with E-state index >= 15 is 0 Å². The summed E-state index contributed by atoms with van der Waals surface area (Å²) in [6, 6.07) is 2.10. The zero-order valence-corrected chi connectivity index (χ0v) is 13.8. The van der Waals surface area contributed by atoms with Crippen LogP contribution in [0, 0.1) is 13.8 Å². The van der Waals surface area contributed by atoms with Crippen LogP contribution in [0.15, 0.2) is 26.2 Å². The highest BCUT2D eigenvalue weighted by Crippen LogP contribution is 2.30. The molecule has 0 aromatic carbocycles. The highest BCUT2D eigenvalue weighted by atomic mass is 32.2. The number of carbonyl (C=O) groups is 1. The molecule has 1 aliphatic rings. The molecular weight excluding hydrogens is 322 g/mol. The highest BCUT2D eigenvalue weighted by Gasteiger charge is 2.37. The smallest absolute Gasteiger partial charge is 0.277 e. The van der Waals surface area contributed by atoms with Crippen molar-refractivity contribution in [3.8, 4) is 11.5 Å². The molecule has 3 rings (SSSR count). The minimum absolute atomic E-state index is 0.200. The molecule has 0 aliphatic carbocycles. The number of nitrogens with one attached hydrogen (secondary N) is 1. The van der Waals surface area contributed by atoms with Crippen molar-refractivity contribution >= 4 is 15.9 Å². The number of carbonyl (C=O) groups excluding carboxylic acids is 1. The second-order valence-electron chi connectivity index (χ2n) is 5.42. The number of nitrogens with zero attached hydrogens (tertiary/aromatic N) is 2. The molecule has 1 atom stereocenters. The average molecular weight is 339 g/mol. The number of piperazine rings is 1. The zero-order valence-electron chi connectivity index (χ0n) is 13.0. The van der Waals surface area contributed by atoms with Crippen LogP contribution in [0.25, 0.3) is 11.5 Å². The van der Waals surface area contributed by atoms with E-state index in [1.54, 1.807) is 13.8 Å². The van der Waals surface area contributed by atoms with Crippen molar-refractivity contribution in [2.45, 2.75) is 31.9 Å². The standard InChI is InChI=1S/C14H17N3O5S/c1-8-9(2)16-22-13(8)11-4-5-12(21-11)23(19,20)17-7-6-15-14(18)10(17)3/h4-5,10H,6-7H2,1-3H3,(H,15,18). The number of hydrogen-bond acceptors (Lipinski definition) is 6. The van der Waals surface area contributed by atoms with Crippen LogP contribution in [0.2, 0.25) is 0 Å². The number of sulfonamides is 1. The lowest BCUT2D eigenvalue weighted by molar-refractivity contribution is -0.126. The van der Waals surface area contributed by atoms with Crippen LogP contribution >= 0.6 is 0 Å². The Labute approximate surface area is 133 Å². The van der Waals surface area contributed by atoms with Crippen LogP contribution in [0.4, 0.5) is 0 Å². The van der Waals surface area contributed by atoms with Crippen molar-refractivity contribution < 1.29 is 22.2 Å². The normalized spacial score (nSPS) is 19.8. The molecule has 3 heterocycles. The first-order valence-electron chi connectivity index (χ1n) is 7.15. The number of furan rings is 1. The first-order chi connectivity index (χ1) is 10.8. The van der Waals surface area contributed by atoms with E-state index in [2.05, 4.69) is 10.5 Å². The topological polar surface area (TPSA) is 106 Å². The van der Waals surface area contributed by atoms with Crippen LogP contribution in [0.5, 0.6) is 0 Å². The van der Waals surface area contributed by atoms with Crippen LogP contribution in [0.1, 0.15) is 18.2 Å². The number of amides is 1. The van der Waals surface area contributed by atoms with Gasteiger partial charge >= 0.3 is 0 Å². The summed E-state index contributed by atoms with van der Waals surface area (Å²) in [7, 11) is -3.89. The van der Waals surface area contributed by atoms with Gasteiger partial charge in [-0.2, -0.15) is 4.31 Å². The number of aryl methyl sites for hydroxylation is 1. The Morgan fingerprint density at radius 3 is 2.74 bits per heavy atom. The summed E-state index contributed by atoms with van der Waals surface area (Å²) in [5.41, 5.74) is 1.50. The minimum Gasteiger partial charge on any atom is -0.440 e. The Morgan fingerprint density at radius 2 is 2.09 bits per heavy atom. The van der Waals surface area contributed by atoms with Gasteiger partial charge in [0.2, 0.25) is 16.8 Å². The van der Waals surface area contributed by atoms with Crippen LogP contribution in [0.3, 0.4) is 0 Å². The van der Waals surface area contributed by atoms with Gasteiger partial charge in [0.05, 0.1) is 5.69 Å². The van der Waals surface area contributed by atoms with Crippen LogP contribution in [-0.2, 0) is 14.8 Å². The lowest BCUT2D eigenvalue weighted by Gasteiger charge is -2.30. The Bertz CT molecular complexity index is 852. The number of hydrogen-bond donors (Lipinski definition) is 1. The molecule has 8 nitrogen and oxygen atoms in total. The summed E-state index contributed by atoms with van der Waals surface area (Å²) in [6.07, 6.45) is 0. The van der Waals surface area contributed by atoms with Crippen LogP contribution < -0.4 is 5.32 Å². The van der Waals surface area contributed by atoms with E-state index in [-0.39, 0.29) is 29.8 Å². The van der Waals surface area contributed by atoms with E-state index in [0.717, 1.165) is 9.87 Å². The molecule has 9 heteroatoms. The summed E-state index contributed by atoms with van der Waals surface area (Å²) in [4.78, 5) is 11.7. The Hall–Kier alpha value is -2.13. The fourth-order valence-electron chi connectivity index (χ4n) is 2.43. The zero-order chi connectivity index (χ0) is 16.8. The lowest BCUT2D eigenvalue weighted by atomic mass is 10.2. The molecule has 0 radical (unpaired) electrons. The lowest BCUT2D eigenvalue weighted by Crippen LogP contribution is -2.55. The van der Waals surface area contributed by atoms with Crippen molar-refractivity contribution in [1.29, 1.82) is 0 Å². The first kappa shape index (κ1) is 15.8. The third kappa shape index (κ3) is 2.55. The number of rotatable bonds is 3. The first-order valence-corrected chi connectivity index (χ1v) is 8.59. The van der Waals surface area contributed by atoms with E-state index in [0.29, 0.717) is 11.5 Å². The van der Waals surface area contributed by atoms with Gasteiger partial charge in [-0.05, 0) is 32.9 Å². The predicted octanol–water partition coefficient (Wildman–Crippen LogP) is 1.06. The van der Waals surface area contributed by atoms with Gasteiger partial charge in [0.25, 0.3) is 10.0 Å². The van der Waals surface area contributed by atoms with Gasteiger partial charge in [-0.3, -0.25) is 4.79 Å². The number of aromatic nitrogens is 1. The SMILES string of the molecule is Cc1noc(-c2ccc(S(=O)(=O)N3CCNC(=O)C3C)o2)c1C. The molecule has 0 saturated carbocycles. The van der Waals surface area contributed by atoms with E-state index in [1.807, 2.05) is 6.92 Å². The van der Waals surface area contributed by atoms with E-state index in [4.69, 9.17) is 8.94 Å². The monoisotopic (exact) mass is 339 g/mol. The van der Waals surface area contributed by atoms with Gasteiger partial charge in [-0.25, -0.2) is 8.42 Å². The van der Waals surface area contributed by atoms with Gasteiger partial charge in [0.1, 0.15) is 6.04 Å². The quantitative estimate of drug-likeness (QED) is 0.896. The van der Waals surface area contributed by atoms with Gasteiger partial charge in [-0.1, -0.05) is 5.16 Å².